The average molecular weight is 287 g/mol. The monoisotopic (exact) mass is 287 g/mol. The zero-order valence-electron chi connectivity index (χ0n) is 12.3. The van der Waals surface area contributed by atoms with Gasteiger partial charge in [0.25, 0.3) is 0 Å². The van der Waals surface area contributed by atoms with E-state index in [2.05, 4.69) is 11.9 Å². The maximum atomic E-state index is 11.3. The maximum absolute atomic E-state index is 11.3. The summed E-state index contributed by atoms with van der Waals surface area (Å²) in [6, 6.07) is 4.24. The fourth-order valence-corrected chi connectivity index (χ4v) is 5.76. The van der Waals surface area contributed by atoms with Gasteiger partial charge in [-0.3, -0.25) is 0 Å². The predicted octanol–water partition coefficient (Wildman–Crippen LogP) is 1.77. The zero-order chi connectivity index (χ0) is 14.4. The minimum atomic E-state index is -1.12. The first-order valence-electron chi connectivity index (χ1n) is 8.04. The first-order chi connectivity index (χ1) is 10.1. The molecule has 2 aliphatic carbocycles. The van der Waals surface area contributed by atoms with Gasteiger partial charge in [-0.25, -0.2) is 0 Å². The molecule has 112 valence electrons. The number of likely N-dealkylation sites (tertiary alicyclic amines) is 1. The Morgan fingerprint density at radius 2 is 2.19 bits per heavy atom. The summed E-state index contributed by atoms with van der Waals surface area (Å²) in [4.78, 5) is 2.45. The molecule has 0 amide bonds. The van der Waals surface area contributed by atoms with Crippen molar-refractivity contribution in [2.24, 2.45) is 5.92 Å². The second-order valence-electron chi connectivity index (χ2n) is 7.31. The van der Waals surface area contributed by atoms with Gasteiger partial charge in [0.15, 0.2) is 11.5 Å². The van der Waals surface area contributed by atoms with Crippen LogP contribution in [0.25, 0.3) is 0 Å². The maximum Gasteiger partial charge on any atom is 0.218 e. The molecule has 4 aliphatic rings. The number of nitrogens with zero attached hydrogens (tertiary/aromatic N) is 1. The molecule has 4 nitrogen and oxygen atoms in total. The van der Waals surface area contributed by atoms with Crippen LogP contribution >= 0.6 is 0 Å². The van der Waals surface area contributed by atoms with Crippen molar-refractivity contribution in [2.75, 3.05) is 13.6 Å². The lowest BCUT2D eigenvalue weighted by molar-refractivity contribution is -0.230. The summed E-state index contributed by atoms with van der Waals surface area (Å²) in [7, 11) is 2.20. The van der Waals surface area contributed by atoms with Crippen LogP contribution < -0.4 is 4.74 Å². The Balaban J connectivity index is 1.85. The van der Waals surface area contributed by atoms with Gasteiger partial charge in [0.2, 0.25) is 5.79 Å². The minimum absolute atomic E-state index is 0.182. The summed E-state index contributed by atoms with van der Waals surface area (Å²) in [5.74, 6) is 0.0590. The molecule has 1 saturated heterocycles. The number of rotatable bonds is 0. The van der Waals surface area contributed by atoms with Crippen LogP contribution in [-0.2, 0) is 11.8 Å². The standard InChI is InChI=1S/C17H21NO3/c1-18-8-7-16-11-3-2-6-17(16,20)21-15-13(19)5-4-10(14(15)16)9-12(11)18/h4-5,11-12,19-20H,2-3,6-9H2,1H3/t11-,12+,16-,17+/m0/s1. The van der Waals surface area contributed by atoms with E-state index in [0.29, 0.717) is 24.1 Å². The van der Waals surface area contributed by atoms with Gasteiger partial charge in [-0.2, -0.15) is 0 Å². The van der Waals surface area contributed by atoms with Gasteiger partial charge < -0.3 is 19.8 Å². The smallest absolute Gasteiger partial charge is 0.218 e. The van der Waals surface area contributed by atoms with Crippen LogP contribution in [0.15, 0.2) is 12.1 Å². The van der Waals surface area contributed by atoms with Gasteiger partial charge in [0.05, 0.1) is 5.41 Å². The summed E-state index contributed by atoms with van der Waals surface area (Å²) in [6.07, 6.45) is 4.75. The number of ether oxygens (including phenoxy) is 1. The number of phenolic OH excluding ortho intramolecular Hbond substituents is 1. The molecule has 2 aliphatic heterocycles. The SMILES string of the molecule is CN1CC[C@]23c4c5ccc(O)c4O[C@]2(O)CCC[C@H]3[C@H]1C5. The van der Waals surface area contributed by atoms with Gasteiger partial charge in [0, 0.05) is 18.0 Å². The van der Waals surface area contributed by atoms with Crippen molar-refractivity contribution < 1.29 is 14.9 Å². The van der Waals surface area contributed by atoms with Gasteiger partial charge >= 0.3 is 0 Å². The quantitative estimate of drug-likeness (QED) is 0.763. The Kier molecular flexibility index (Phi) is 2.08. The first-order valence-corrected chi connectivity index (χ1v) is 8.04. The highest BCUT2D eigenvalue weighted by Crippen LogP contribution is 2.66. The third kappa shape index (κ3) is 1.18. The number of benzene rings is 1. The molecular weight excluding hydrogens is 266 g/mol. The van der Waals surface area contributed by atoms with Gasteiger partial charge in [-0.1, -0.05) is 6.07 Å². The number of likely N-dealkylation sites (N-methyl/N-ethyl adjacent to an activating group) is 1. The van der Waals surface area contributed by atoms with E-state index in [4.69, 9.17) is 4.74 Å². The summed E-state index contributed by atoms with van der Waals surface area (Å²) in [5, 5.41) is 21.5. The molecule has 4 atom stereocenters. The van der Waals surface area contributed by atoms with E-state index in [1.54, 1.807) is 6.07 Å². The highest BCUT2D eigenvalue weighted by Gasteiger charge is 2.70. The van der Waals surface area contributed by atoms with Crippen LogP contribution in [0.5, 0.6) is 11.5 Å². The molecule has 2 heterocycles. The Morgan fingerprint density at radius 3 is 3.05 bits per heavy atom. The molecule has 2 fully saturated rings. The van der Waals surface area contributed by atoms with Crippen molar-refractivity contribution in [1.82, 2.24) is 4.90 Å². The summed E-state index contributed by atoms with van der Waals surface area (Å²) >= 11 is 0. The number of phenols is 1. The second-order valence-corrected chi connectivity index (χ2v) is 7.31. The highest BCUT2D eigenvalue weighted by atomic mass is 16.6. The number of piperidine rings is 1. The first kappa shape index (κ1) is 12.3. The number of hydrogen-bond acceptors (Lipinski definition) is 4. The van der Waals surface area contributed by atoms with Crippen molar-refractivity contribution in [3.63, 3.8) is 0 Å². The molecule has 1 saturated carbocycles. The van der Waals surface area contributed by atoms with Crippen molar-refractivity contribution in [2.45, 2.75) is 49.3 Å². The molecule has 2 N–H and O–H groups in total. The summed E-state index contributed by atoms with van der Waals surface area (Å²) < 4.78 is 6.02. The lowest BCUT2D eigenvalue weighted by Crippen LogP contribution is -2.68. The third-order valence-electron chi connectivity index (χ3n) is 6.62. The lowest BCUT2D eigenvalue weighted by atomic mass is 9.50. The van der Waals surface area contributed by atoms with Gasteiger partial charge in [-0.15, -0.1) is 0 Å². The number of hydrogen-bond donors (Lipinski definition) is 2. The largest absolute Gasteiger partial charge is 0.504 e. The molecule has 4 heteroatoms. The summed E-state index contributed by atoms with van der Waals surface area (Å²) in [6.45, 7) is 0.987. The van der Waals surface area contributed by atoms with E-state index in [-0.39, 0.29) is 11.2 Å². The van der Waals surface area contributed by atoms with Crippen LogP contribution in [0.2, 0.25) is 0 Å². The average Bonchev–Trinajstić information content (AvgIpc) is 2.73. The fourth-order valence-electron chi connectivity index (χ4n) is 5.76. The van der Waals surface area contributed by atoms with Crippen molar-refractivity contribution >= 4 is 0 Å². The third-order valence-corrected chi connectivity index (χ3v) is 6.62. The molecule has 1 aromatic carbocycles. The Hall–Kier alpha value is -1.26. The molecule has 5 rings (SSSR count). The zero-order valence-corrected chi connectivity index (χ0v) is 12.3. The summed E-state index contributed by atoms with van der Waals surface area (Å²) in [5.41, 5.74) is 2.08. The van der Waals surface area contributed by atoms with Gasteiger partial charge in [-0.05, 0) is 56.8 Å². The highest BCUT2D eigenvalue weighted by molar-refractivity contribution is 5.61. The molecule has 2 bridgehead atoms. The van der Waals surface area contributed by atoms with E-state index in [1.165, 1.54) is 5.56 Å². The Labute approximate surface area is 124 Å². The predicted molar refractivity (Wildman–Crippen MR) is 77.4 cm³/mol. The molecule has 1 aromatic rings. The van der Waals surface area contributed by atoms with E-state index < -0.39 is 5.79 Å². The topological polar surface area (TPSA) is 52.9 Å². The van der Waals surface area contributed by atoms with Crippen molar-refractivity contribution in [3.8, 4) is 11.5 Å². The molecular formula is C17H21NO3. The van der Waals surface area contributed by atoms with Crippen LogP contribution in [-0.4, -0.2) is 40.5 Å². The van der Waals surface area contributed by atoms with Crippen LogP contribution in [0.3, 0.4) is 0 Å². The minimum Gasteiger partial charge on any atom is -0.504 e. The van der Waals surface area contributed by atoms with E-state index in [9.17, 15) is 10.2 Å². The van der Waals surface area contributed by atoms with Crippen LogP contribution in [0.1, 0.15) is 36.8 Å². The number of aliphatic hydroxyl groups is 1. The van der Waals surface area contributed by atoms with E-state index >= 15 is 0 Å². The van der Waals surface area contributed by atoms with E-state index in [1.807, 2.05) is 6.07 Å². The fraction of sp³-hybridized carbons (Fsp3) is 0.647. The Bertz CT molecular complexity index is 645. The Morgan fingerprint density at radius 1 is 1.33 bits per heavy atom. The van der Waals surface area contributed by atoms with Crippen LogP contribution in [0.4, 0.5) is 0 Å². The molecule has 21 heavy (non-hydrogen) atoms. The molecule has 0 aromatic heterocycles. The van der Waals surface area contributed by atoms with Crippen molar-refractivity contribution in [3.05, 3.63) is 23.3 Å². The van der Waals surface area contributed by atoms with Crippen molar-refractivity contribution in [1.29, 1.82) is 0 Å². The molecule has 0 radical (unpaired) electrons. The lowest BCUT2D eigenvalue weighted by Gasteiger charge is -2.59. The molecule has 1 spiro atoms. The van der Waals surface area contributed by atoms with Gasteiger partial charge in [0.1, 0.15) is 0 Å². The molecule has 0 unspecified atom stereocenters. The second kappa shape index (κ2) is 3.55. The van der Waals surface area contributed by atoms with E-state index in [0.717, 1.165) is 37.8 Å². The van der Waals surface area contributed by atoms with Crippen LogP contribution in [0, 0.1) is 5.92 Å². The normalized spacial score (nSPS) is 43.3. The number of aromatic hydroxyl groups is 1.